The number of anilines is 1. The molecule has 112 valence electrons. The van der Waals surface area contributed by atoms with Crippen molar-refractivity contribution in [3.8, 4) is 0 Å². The molecule has 4 nitrogen and oxygen atoms in total. The molecule has 0 saturated heterocycles. The van der Waals surface area contributed by atoms with Gasteiger partial charge in [-0.15, -0.1) is 0 Å². The van der Waals surface area contributed by atoms with Crippen molar-refractivity contribution in [1.29, 1.82) is 0 Å². The third kappa shape index (κ3) is 4.36. The summed E-state index contributed by atoms with van der Waals surface area (Å²) in [4.78, 5) is 7.94. The lowest BCUT2D eigenvalue weighted by Gasteiger charge is -2.08. The second-order valence-electron chi connectivity index (χ2n) is 4.37. The van der Waals surface area contributed by atoms with Gasteiger partial charge < -0.3 is 10.4 Å². The Morgan fingerprint density at radius 2 is 1.82 bits per heavy atom. The van der Waals surface area contributed by atoms with Crippen molar-refractivity contribution < 1.29 is 9.50 Å². The average Bonchev–Trinajstić information content (AvgIpc) is 2.55. The van der Waals surface area contributed by atoms with Crippen LogP contribution in [0.25, 0.3) is 5.70 Å². The van der Waals surface area contributed by atoms with E-state index in [4.69, 9.17) is 5.11 Å². The zero-order chi connectivity index (χ0) is 15.8. The van der Waals surface area contributed by atoms with E-state index in [1.807, 2.05) is 30.3 Å². The fourth-order valence-corrected chi connectivity index (χ4v) is 1.84. The number of amidine groups is 1. The quantitative estimate of drug-likeness (QED) is 0.657. The van der Waals surface area contributed by atoms with E-state index in [-0.39, 0.29) is 12.5 Å². The lowest BCUT2D eigenvalue weighted by atomic mass is 10.1. The summed E-state index contributed by atoms with van der Waals surface area (Å²) in [7, 11) is 0. The van der Waals surface area contributed by atoms with Gasteiger partial charge in [-0.3, -0.25) is 4.99 Å². The highest BCUT2D eigenvalue weighted by atomic mass is 19.1. The summed E-state index contributed by atoms with van der Waals surface area (Å²) in [5.41, 5.74) is 2.15. The van der Waals surface area contributed by atoms with Gasteiger partial charge in [-0.05, 0) is 31.0 Å². The van der Waals surface area contributed by atoms with Crippen molar-refractivity contribution in [2.24, 2.45) is 9.98 Å². The number of halogens is 1. The molecule has 22 heavy (non-hydrogen) atoms. The predicted molar refractivity (Wildman–Crippen MR) is 88.5 cm³/mol. The molecule has 0 heterocycles. The second kappa shape index (κ2) is 7.85. The Kier molecular flexibility index (Phi) is 5.57. The molecule has 5 heteroatoms. The molecule has 0 fully saturated rings. The Labute approximate surface area is 128 Å². The van der Waals surface area contributed by atoms with Crippen LogP contribution in [-0.4, -0.2) is 24.4 Å². The number of nitrogens with one attached hydrogen (secondary N) is 1. The number of benzene rings is 2. The second-order valence-corrected chi connectivity index (χ2v) is 4.37. The zero-order valence-corrected chi connectivity index (χ0v) is 11.9. The highest BCUT2D eigenvalue weighted by molar-refractivity contribution is 6.07. The van der Waals surface area contributed by atoms with Gasteiger partial charge in [0, 0.05) is 17.3 Å². The van der Waals surface area contributed by atoms with Crippen LogP contribution in [0.4, 0.5) is 10.1 Å². The zero-order valence-electron chi connectivity index (χ0n) is 11.9. The van der Waals surface area contributed by atoms with Crippen LogP contribution in [0.2, 0.25) is 0 Å². The van der Waals surface area contributed by atoms with Crippen molar-refractivity contribution in [3.05, 3.63) is 72.1 Å². The van der Waals surface area contributed by atoms with E-state index in [0.717, 1.165) is 5.56 Å². The maximum atomic E-state index is 12.9. The Bertz CT molecular complexity index is 679. The first kappa shape index (κ1) is 15.6. The van der Waals surface area contributed by atoms with Gasteiger partial charge in [0.15, 0.2) is 0 Å². The number of aliphatic hydroxyl groups is 1. The van der Waals surface area contributed by atoms with Gasteiger partial charge in [0.25, 0.3) is 0 Å². The number of aliphatic imine (C=N–C) groups is 2. The molecule has 0 radical (unpaired) electrons. The van der Waals surface area contributed by atoms with Crippen LogP contribution in [0, 0.1) is 5.82 Å². The minimum atomic E-state index is -0.376. The van der Waals surface area contributed by atoms with Crippen LogP contribution in [-0.2, 0) is 0 Å². The summed E-state index contributed by atoms with van der Waals surface area (Å²) in [6.45, 7) is 3.18. The maximum absolute atomic E-state index is 12.9. The van der Waals surface area contributed by atoms with Crippen LogP contribution < -0.4 is 5.32 Å². The van der Waals surface area contributed by atoms with Gasteiger partial charge in [-0.2, -0.15) is 0 Å². The molecule has 0 aromatic heterocycles. The van der Waals surface area contributed by atoms with E-state index in [2.05, 4.69) is 22.0 Å². The molecular weight excluding hydrogens is 281 g/mol. The first-order valence-electron chi connectivity index (χ1n) is 6.64. The van der Waals surface area contributed by atoms with E-state index in [0.29, 0.717) is 17.2 Å². The number of hydrogen-bond acceptors (Lipinski definition) is 3. The molecule has 0 aliphatic carbocycles. The number of aliphatic hydroxyl groups excluding tert-OH is 1. The van der Waals surface area contributed by atoms with Crippen LogP contribution in [0.5, 0.6) is 0 Å². The minimum Gasteiger partial charge on any atom is -0.374 e. The third-order valence-electron chi connectivity index (χ3n) is 2.87. The van der Waals surface area contributed by atoms with E-state index < -0.39 is 0 Å². The molecule has 0 spiro atoms. The Morgan fingerprint density at radius 3 is 2.41 bits per heavy atom. The van der Waals surface area contributed by atoms with E-state index in [9.17, 15) is 4.39 Å². The Morgan fingerprint density at radius 1 is 1.14 bits per heavy atom. The van der Waals surface area contributed by atoms with E-state index in [1.54, 1.807) is 18.2 Å². The van der Waals surface area contributed by atoms with E-state index >= 15 is 0 Å². The predicted octanol–water partition coefficient (Wildman–Crippen LogP) is 3.33. The van der Waals surface area contributed by atoms with Crippen molar-refractivity contribution in [3.63, 3.8) is 0 Å². The van der Waals surface area contributed by atoms with Gasteiger partial charge in [0.05, 0.1) is 5.70 Å². The minimum absolute atomic E-state index is 0.320. The average molecular weight is 297 g/mol. The molecule has 2 aromatic rings. The largest absolute Gasteiger partial charge is 0.374 e. The Hall–Kier alpha value is -2.79. The standard InChI is InChI=1S/C17H16FN3O/c1-19-16(13-5-3-2-4-6-13)11-17(20-12-22)21-15-9-7-14(18)8-10-15/h2-11,22H,1,12H2,(H,20,21)/b16-11-. The monoisotopic (exact) mass is 297 g/mol. The number of nitrogens with zero attached hydrogens (tertiary/aromatic N) is 2. The molecular formula is C17H16FN3O. The fourth-order valence-electron chi connectivity index (χ4n) is 1.84. The van der Waals surface area contributed by atoms with Gasteiger partial charge in [-0.25, -0.2) is 9.38 Å². The first-order valence-corrected chi connectivity index (χ1v) is 6.64. The van der Waals surface area contributed by atoms with Crippen LogP contribution in [0.15, 0.2) is 70.7 Å². The molecule has 0 unspecified atom stereocenters. The molecule has 0 amide bonds. The maximum Gasteiger partial charge on any atom is 0.136 e. The van der Waals surface area contributed by atoms with Gasteiger partial charge in [0.1, 0.15) is 18.4 Å². The van der Waals surface area contributed by atoms with Gasteiger partial charge >= 0.3 is 0 Å². The third-order valence-corrected chi connectivity index (χ3v) is 2.87. The molecule has 0 atom stereocenters. The SMILES string of the molecule is C=N/C(=C\C(=N/CO)Nc1ccc(F)cc1)c1ccccc1. The lowest BCUT2D eigenvalue weighted by molar-refractivity contribution is 0.309. The molecule has 2 N–H and O–H groups in total. The van der Waals surface area contributed by atoms with Crippen LogP contribution in [0.3, 0.4) is 0 Å². The lowest BCUT2D eigenvalue weighted by Crippen LogP contribution is -2.10. The molecule has 0 bridgehead atoms. The van der Waals surface area contributed by atoms with Crippen molar-refractivity contribution in [1.82, 2.24) is 0 Å². The molecule has 2 aromatic carbocycles. The normalized spacial score (nSPS) is 12.1. The van der Waals surface area contributed by atoms with Crippen LogP contribution in [0.1, 0.15) is 5.56 Å². The Balaban J connectivity index is 2.27. The first-order chi connectivity index (χ1) is 10.7. The highest BCUT2D eigenvalue weighted by Crippen LogP contribution is 2.16. The highest BCUT2D eigenvalue weighted by Gasteiger charge is 2.03. The smallest absolute Gasteiger partial charge is 0.136 e. The van der Waals surface area contributed by atoms with E-state index in [1.165, 1.54) is 12.1 Å². The van der Waals surface area contributed by atoms with Gasteiger partial charge in [-0.1, -0.05) is 30.3 Å². The summed E-state index contributed by atoms with van der Waals surface area (Å²) in [6, 6.07) is 15.3. The summed E-state index contributed by atoms with van der Waals surface area (Å²) in [6.07, 6.45) is 1.67. The number of rotatable bonds is 5. The number of hydrogen-bond donors (Lipinski definition) is 2. The molecule has 0 saturated carbocycles. The topological polar surface area (TPSA) is 57.0 Å². The van der Waals surface area contributed by atoms with Crippen molar-refractivity contribution in [2.45, 2.75) is 0 Å². The molecule has 2 rings (SSSR count). The molecule has 0 aliphatic rings. The van der Waals surface area contributed by atoms with Crippen molar-refractivity contribution >= 4 is 23.9 Å². The fraction of sp³-hybridized carbons (Fsp3) is 0.0588. The van der Waals surface area contributed by atoms with Crippen LogP contribution >= 0.6 is 0 Å². The summed E-state index contributed by atoms with van der Waals surface area (Å²) < 4.78 is 12.9. The molecule has 0 aliphatic heterocycles. The van der Waals surface area contributed by atoms with Gasteiger partial charge in [0.2, 0.25) is 0 Å². The summed E-state index contributed by atoms with van der Waals surface area (Å²) in [5, 5.41) is 12.1. The summed E-state index contributed by atoms with van der Waals surface area (Å²) >= 11 is 0. The summed E-state index contributed by atoms with van der Waals surface area (Å²) in [5.74, 6) is 0.0832. The van der Waals surface area contributed by atoms with Crippen molar-refractivity contribution in [2.75, 3.05) is 12.0 Å².